The van der Waals surface area contributed by atoms with Crippen LogP contribution in [0.2, 0.25) is 0 Å². The van der Waals surface area contributed by atoms with Gasteiger partial charge in [-0.2, -0.15) is 87.8 Å². The van der Waals surface area contributed by atoms with Gasteiger partial charge in [-0.1, -0.05) is 26.2 Å². The summed E-state index contributed by atoms with van der Waals surface area (Å²) < 4.78 is 301. The summed E-state index contributed by atoms with van der Waals surface area (Å²) in [6, 6.07) is 0. The summed E-state index contributed by atoms with van der Waals surface area (Å²) in [5.41, 5.74) is 0. The fourth-order valence-electron chi connectivity index (χ4n) is 2.56. The van der Waals surface area contributed by atoms with Crippen LogP contribution in [0.25, 0.3) is 0 Å². The molecule has 0 radical (unpaired) electrons. The second-order valence-corrected chi connectivity index (χ2v) is 9.49. The molecule has 0 aliphatic rings. The van der Waals surface area contributed by atoms with Crippen molar-refractivity contribution in [2.45, 2.75) is 98.0 Å². The van der Waals surface area contributed by atoms with Crippen molar-refractivity contribution in [1.82, 2.24) is 0 Å². The Hall–Kier alpha value is -0.530. The number of hydrogen-bond acceptors (Lipinski definition) is 4. The second kappa shape index (κ2) is 12.3. The number of unbranched alkanes of at least 4 members (excludes halogenated alkanes) is 3. The molecule has 0 aliphatic carbocycles. The molecule has 0 bridgehead atoms. The second-order valence-electron chi connectivity index (χ2n) is 8.07. The van der Waals surface area contributed by atoms with E-state index in [0.717, 1.165) is 4.74 Å². The van der Waals surface area contributed by atoms with Gasteiger partial charge in [0.05, 0.1) is 0 Å². The van der Waals surface area contributed by atoms with Crippen LogP contribution in [0.4, 0.5) is 87.8 Å². The van der Waals surface area contributed by atoms with Gasteiger partial charge in [0.25, 0.3) is 0 Å². The first-order valence-corrected chi connectivity index (χ1v) is 11.4. The normalized spacial score (nSPS) is 16.0. The molecular weight excluding hydrogens is 691 g/mol. The zero-order valence-corrected chi connectivity index (χ0v) is 23.0. The van der Waals surface area contributed by atoms with E-state index in [0.29, 0.717) is 0 Å². The third-order valence-electron chi connectivity index (χ3n) is 5.05. The third-order valence-corrected chi connectivity index (χ3v) is 5.92. The molecule has 0 spiro atoms. The van der Waals surface area contributed by atoms with Crippen molar-refractivity contribution >= 4 is 10.1 Å². The summed E-state index contributed by atoms with van der Waals surface area (Å²) in [5, 5.41) is -7.63. The average Bonchev–Trinajstić information content (AvgIpc) is 2.74. The number of halogens is 20. The molecular formula is C16H13F20NaO4S. The molecule has 0 N–H and O–H groups in total. The molecule has 0 atom stereocenters. The zero-order valence-electron chi connectivity index (χ0n) is 20.1. The Morgan fingerprint density at radius 3 is 1.19 bits per heavy atom. The predicted octanol–water partition coefficient (Wildman–Crippen LogP) is 4.75. The molecule has 0 rings (SSSR count). The van der Waals surface area contributed by atoms with E-state index in [1.54, 1.807) is 0 Å². The van der Waals surface area contributed by atoms with Crippen LogP contribution in [-0.4, -0.2) is 71.9 Å². The van der Waals surface area contributed by atoms with E-state index < -0.39 is 88.3 Å². The summed E-state index contributed by atoms with van der Waals surface area (Å²) in [7, 11) is -7.97. The Bertz CT molecular complexity index is 1030. The molecule has 0 amide bonds. The van der Waals surface area contributed by atoms with Gasteiger partial charge in [0, 0.05) is 6.42 Å². The van der Waals surface area contributed by atoms with Crippen LogP contribution in [0, 0.1) is 0 Å². The predicted molar refractivity (Wildman–Crippen MR) is 89.0 cm³/mol. The minimum Gasteiger partial charge on any atom is -0.743 e. The maximum atomic E-state index is 13.7. The van der Waals surface area contributed by atoms with E-state index in [9.17, 15) is 101 Å². The Morgan fingerprint density at radius 1 is 0.524 bits per heavy atom. The molecule has 0 heterocycles. The van der Waals surface area contributed by atoms with E-state index in [1.165, 1.54) is 6.92 Å². The smallest absolute Gasteiger partial charge is 0.743 e. The molecule has 0 aromatic rings. The van der Waals surface area contributed by atoms with Crippen LogP contribution in [-0.2, 0) is 14.9 Å². The van der Waals surface area contributed by atoms with Crippen molar-refractivity contribution < 1.29 is 135 Å². The van der Waals surface area contributed by atoms with Gasteiger partial charge in [-0.3, -0.25) is 0 Å². The van der Waals surface area contributed by atoms with Crippen LogP contribution in [0.15, 0.2) is 0 Å². The minimum absolute atomic E-state index is 0. The van der Waals surface area contributed by atoms with E-state index in [2.05, 4.69) is 0 Å². The average molecular weight is 704 g/mol. The van der Waals surface area contributed by atoms with Gasteiger partial charge in [-0.05, 0) is 6.42 Å². The van der Waals surface area contributed by atoms with E-state index in [-0.39, 0.29) is 42.4 Å². The third kappa shape index (κ3) is 6.69. The van der Waals surface area contributed by atoms with Crippen molar-refractivity contribution in [3.8, 4) is 0 Å². The molecule has 0 saturated heterocycles. The molecule has 26 heteroatoms. The number of alkyl halides is 20. The molecule has 0 aliphatic heterocycles. The van der Waals surface area contributed by atoms with Crippen LogP contribution in [0.1, 0.15) is 39.0 Å². The molecule has 0 aromatic heterocycles. The Morgan fingerprint density at radius 2 is 0.857 bits per heavy atom. The van der Waals surface area contributed by atoms with E-state index in [1.807, 2.05) is 0 Å². The molecule has 0 aromatic carbocycles. The quantitative estimate of drug-likeness (QED) is 0.101. The molecule has 42 heavy (non-hydrogen) atoms. The largest absolute Gasteiger partial charge is 1.00 e. The van der Waals surface area contributed by atoms with Crippen LogP contribution in [0.3, 0.4) is 0 Å². The number of rotatable bonds is 16. The Labute approximate surface area is 243 Å². The maximum absolute atomic E-state index is 13.7. The molecule has 0 fully saturated rings. The van der Waals surface area contributed by atoms with Gasteiger partial charge >= 0.3 is 88.5 Å². The summed E-state index contributed by atoms with van der Waals surface area (Å²) in [6.45, 7) is 1.37. The summed E-state index contributed by atoms with van der Waals surface area (Å²) in [4.78, 5) is 0. The van der Waals surface area contributed by atoms with Gasteiger partial charge in [0.2, 0.25) is 0 Å². The van der Waals surface area contributed by atoms with Crippen molar-refractivity contribution in [3.05, 3.63) is 0 Å². The van der Waals surface area contributed by atoms with E-state index >= 15 is 0 Å². The van der Waals surface area contributed by atoms with Gasteiger partial charge in [-0.15, -0.1) is 0 Å². The molecule has 4 nitrogen and oxygen atoms in total. The summed E-state index contributed by atoms with van der Waals surface area (Å²) in [6.07, 6.45) is -20.6. The van der Waals surface area contributed by atoms with Gasteiger partial charge in [-0.25, -0.2) is 13.2 Å². The Balaban J connectivity index is 0. The van der Waals surface area contributed by atoms with Crippen LogP contribution < -0.4 is 29.6 Å². The number of hydrogen-bond donors (Lipinski definition) is 0. The van der Waals surface area contributed by atoms with E-state index in [4.69, 9.17) is 0 Å². The monoisotopic (exact) mass is 704 g/mol. The first-order chi connectivity index (χ1) is 17.5. The van der Waals surface area contributed by atoms with Gasteiger partial charge in [0.15, 0.2) is 10.1 Å². The fourth-order valence-corrected chi connectivity index (χ4v) is 2.89. The summed E-state index contributed by atoms with van der Waals surface area (Å²) in [5.74, 6) is -58.9. The molecule has 0 unspecified atom stereocenters. The molecule has 0 saturated carbocycles. The summed E-state index contributed by atoms with van der Waals surface area (Å²) >= 11 is 0. The van der Waals surface area contributed by atoms with Crippen LogP contribution >= 0.6 is 0 Å². The first-order valence-electron chi connectivity index (χ1n) is 9.95. The van der Waals surface area contributed by atoms with Gasteiger partial charge < -0.3 is 4.55 Å². The van der Waals surface area contributed by atoms with Gasteiger partial charge in [0.1, 0.15) is 0 Å². The van der Waals surface area contributed by atoms with Crippen molar-refractivity contribution in [2.75, 3.05) is 0 Å². The Kier molecular flexibility index (Phi) is 12.8. The fraction of sp³-hybridized carbons (Fsp3) is 1.00. The first kappa shape index (κ1) is 43.6. The minimum atomic E-state index is -9.08. The van der Waals surface area contributed by atoms with Crippen LogP contribution in [0.5, 0.6) is 0 Å². The maximum Gasteiger partial charge on any atom is 1.00 e. The van der Waals surface area contributed by atoms with Crippen molar-refractivity contribution in [2.24, 2.45) is 0 Å². The van der Waals surface area contributed by atoms with Crippen molar-refractivity contribution in [3.63, 3.8) is 0 Å². The van der Waals surface area contributed by atoms with Crippen molar-refractivity contribution in [1.29, 1.82) is 0 Å². The topological polar surface area (TPSA) is 66.4 Å². The number of ether oxygens (including phenoxy) is 1. The zero-order chi connectivity index (χ0) is 33.7. The standard InChI is InChI=1S/C16H14F20O4S.Na/c1-2-3-4-5-6-7(17,18)8(19,20)9(21,22)10(23,24)11(25,26)12(27,28)13(29,30)14(31,32)40-15(33,34)16(35,36)41(37,38)39;/h2-6H2,1H3,(H,37,38,39);/q;+1/p-1. The molecule has 248 valence electrons. The SMILES string of the molecule is CCCCCCC(F)(F)C(F)(F)C(F)(F)C(F)(F)C(F)(F)C(F)(F)C(F)(F)C(F)(F)OC(F)(F)C(F)(F)S(=O)(=O)[O-].[Na+].